The van der Waals surface area contributed by atoms with Crippen LogP contribution in [0.4, 0.5) is 0 Å². The first-order valence-electron chi connectivity index (χ1n) is 7.68. The smallest absolute Gasteiger partial charge is 0.220 e. The lowest BCUT2D eigenvalue weighted by molar-refractivity contribution is -0.122. The van der Waals surface area contributed by atoms with Gasteiger partial charge in [-0.2, -0.15) is 0 Å². The van der Waals surface area contributed by atoms with E-state index < -0.39 is 0 Å². The van der Waals surface area contributed by atoms with E-state index in [-0.39, 0.29) is 12.5 Å². The predicted molar refractivity (Wildman–Crippen MR) is 83.7 cm³/mol. The number of hydrogen-bond acceptors (Lipinski definition) is 3. The molecule has 0 radical (unpaired) electrons. The highest BCUT2D eigenvalue weighted by Crippen LogP contribution is 2.49. The van der Waals surface area contributed by atoms with Gasteiger partial charge < -0.3 is 10.4 Å². The van der Waals surface area contributed by atoms with Crippen LogP contribution in [0.25, 0.3) is 0 Å². The monoisotopic (exact) mass is 303 g/mol. The van der Waals surface area contributed by atoms with Crippen LogP contribution in [0.2, 0.25) is 0 Å². The molecule has 3 rings (SSSR count). The molecule has 2 saturated carbocycles. The van der Waals surface area contributed by atoms with Crippen LogP contribution in [0.15, 0.2) is 11.4 Å². The molecule has 2 bridgehead atoms. The van der Waals surface area contributed by atoms with Gasteiger partial charge in [-0.3, -0.25) is 4.79 Å². The summed E-state index contributed by atoms with van der Waals surface area (Å²) in [5.74, 6) is 8.02. The molecule has 2 aliphatic rings. The molecule has 1 aromatic rings. The summed E-state index contributed by atoms with van der Waals surface area (Å²) in [5.41, 5.74) is 0.909. The van der Waals surface area contributed by atoms with E-state index in [1.54, 1.807) is 11.3 Å². The second-order valence-corrected chi connectivity index (χ2v) is 7.17. The molecule has 0 spiro atoms. The Balaban J connectivity index is 1.44. The normalized spacial score (nSPS) is 26.4. The van der Waals surface area contributed by atoms with E-state index >= 15 is 0 Å². The average molecular weight is 303 g/mol. The second kappa shape index (κ2) is 6.64. The van der Waals surface area contributed by atoms with Gasteiger partial charge >= 0.3 is 0 Å². The van der Waals surface area contributed by atoms with Gasteiger partial charge in [0.1, 0.15) is 6.61 Å². The minimum Gasteiger partial charge on any atom is -0.384 e. The number of aliphatic hydroxyl groups excluding tert-OH is 1. The fraction of sp³-hybridized carbons (Fsp3) is 0.588. The number of amides is 1. The Bertz CT molecular complexity index is 569. The van der Waals surface area contributed by atoms with Crippen molar-refractivity contribution in [3.05, 3.63) is 21.9 Å². The summed E-state index contributed by atoms with van der Waals surface area (Å²) < 4.78 is 0. The first-order valence-corrected chi connectivity index (χ1v) is 8.56. The summed E-state index contributed by atoms with van der Waals surface area (Å²) in [7, 11) is 0. The minimum atomic E-state index is -0.120. The molecule has 0 aromatic carbocycles. The summed E-state index contributed by atoms with van der Waals surface area (Å²) in [6.07, 6.45) is 6.04. The second-order valence-electron chi connectivity index (χ2n) is 6.18. The molecule has 2 fully saturated rings. The SMILES string of the molecule is O=C(CC1CC2CCC1C2)NCc1cc(C#CCO)cs1. The van der Waals surface area contributed by atoms with Gasteiger partial charge in [-0.05, 0) is 43.1 Å². The lowest BCUT2D eigenvalue weighted by atomic mass is 9.86. The van der Waals surface area contributed by atoms with Crippen molar-refractivity contribution in [1.82, 2.24) is 5.32 Å². The third-order valence-electron chi connectivity index (χ3n) is 4.76. The van der Waals surface area contributed by atoms with Crippen LogP contribution in [0.3, 0.4) is 0 Å². The molecule has 1 aromatic heterocycles. The van der Waals surface area contributed by atoms with Crippen LogP contribution >= 0.6 is 11.3 Å². The molecular weight excluding hydrogens is 282 g/mol. The number of carbonyl (C=O) groups excluding carboxylic acids is 1. The Kier molecular flexibility index (Phi) is 4.62. The zero-order valence-corrected chi connectivity index (χ0v) is 12.9. The maximum absolute atomic E-state index is 12.1. The highest BCUT2D eigenvalue weighted by molar-refractivity contribution is 7.10. The van der Waals surface area contributed by atoms with Crippen molar-refractivity contribution in [3.63, 3.8) is 0 Å². The van der Waals surface area contributed by atoms with E-state index in [1.165, 1.54) is 25.7 Å². The van der Waals surface area contributed by atoms with Crippen LogP contribution in [-0.4, -0.2) is 17.6 Å². The van der Waals surface area contributed by atoms with Gasteiger partial charge in [0.25, 0.3) is 0 Å². The maximum atomic E-state index is 12.1. The first-order chi connectivity index (χ1) is 10.2. The number of nitrogens with one attached hydrogen (secondary N) is 1. The molecule has 3 nitrogen and oxygen atoms in total. The van der Waals surface area contributed by atoms with Gasteiger partial charge in [0.15, 0.2) is 0 Å². The quantitative estimate of drug-likeness (QED) is 0.840. The van der Waals surface area contributed by atoms with Crippen LogP contribution in [0, 0.1) is 29.6 Å². The molecule has 21 heavy (non-hydrogen) atoms. The zero-order valence-electron chi connectivity index (χ0n) is 12.1. The molecule has 1 heterocycles. The third kappa shape index (κ3) is 3.66. The highest BCUT2D eigenvalue weighted by atomic mass is 32.1. The lowest BCUT2D eigenvalue weighted by Gasteiger charge is -2.20. The van der Waals surface area contributed by atoms with Crippen molar-refractivity contribution in [2.24, 2.45) is 17.8 Å². The summed E-state index contributed by atoms with van der Waals surface area (Å²) in [4.78, 5) is 13.2. The molecule has 2 aliphatic carbocycles. The molecule has 1 amide bonds. The summed E-state index contributed by atoms with van der Waals surface area (Å²) in [6.45, 7) is 0.469. The highest BCUT2D eigenvalue weighted by Gasteiger charge is 2.39. The van der Waals surface area contributed by atoms with E-state index in [0.29, 0.717) is 18.9 Å². The fourth-order valence-electron chi connectivity index (χ4n) is 3.80. The molecule has 0 aliphatic heterocycles. The molecule has 2 N–H and O–H groups in total. The number of aliphatic hydroxyl groups is 1. The van der Waals surface area contributed by atoms with Crippen molar-refractivity contribution >= 4 is 17.2 Å². The topological polar surface area (TPSA) is 49.3 Å². The van der Waals surface area contributed by atoms with Crippen LogP contribution in [-0.2, 0) is 11.3 Å². The van der Waals surface area contributed by atoms with Gasteiger partial charge in [0, 0.05) is 22.2 Å². The van der Waals surface area contributed by atoms with Gasteiger partial charge in [-0.15, -0.1) is 11.3 Å². The van der Waals surface area contributed by atoms with Gasteiger partial charge in [0.2, 0.25) is 5.91 Å². The van der Waals surface area contributed by atoms with Crippen molar-refractivity contribution < 1.29 is 9.90 Å². The van der Waals surface area contributed by atoms with Crippen molar-refractivity contribution in [3.8, 4) is 11.8 Å². The summed E-state index contributed by atoms with van der Waals surface area (Å²) in [5, 5.41) is 13.7. The van der Waals surface area contributed by atoms with Crippen LogP contribution < -0.4 is 5.32 Å². The number of rotatable bonds is 4. The molecule has 3 unspecified atom stereocenters. The average Bonchev–Trinajstić information content (AvgIpc) is 3.19. The standard InChI is InChI=1S/C17H21NO2S/c19-5-1-2-13-8-16(21-11-13)10-18-17(20)9-15-7-12-3-4-14(15)6-12/h8,11-12,14-15,19H,3-7,9-10H2,(H,18,20). The van der Waals surface area contributed by atoms with E-state index in [4.69, 9.17) is 5.11 Å². The molecule has 112 valence electrons. The zero-order chi connectivity index (χ0) is 14.7. The fourth-order valence-corrected chi connectivity index (χ4v) is 4.56. The van der Waals surface area contributed by atoms with Gasteiger partial charge in [-0.25, -0.2) is 0 Å². The number of fused-ring (bicyclic) bond motifs is 2. The number of thiophene rings is 1. The third-order valence-corrected chi connectivity index (χ3v) is 5.69. The van der Waals surface area contributed by atoms with E-state index in [9.17, 15) is 4.79 Å². The Morgan fingerprint density at radius 2 is 2.33 bits per heavy atom. The Hall–Kier alpha value is -1.31. The first kappa shape index (κ1) is 14.6. The molecule has 4 heteroatoms. The van der Waals surface area contributed by atoms with Crippen LogP contribution in [0.5, 0.6) is 0 Å². The van der Waals surface area contributed by atoms with Crippen molar-refractivity contribution in [2.75, 3.05) is 6.61 Å². The molecule has 3 atom stereocenters. The Morgan fingerprint density at radius 3 is 3.05 bits per heavy atom. The number of carbonyl (C=O) groups is 1. The largest absolute Gasteiger partial charge is 0.384 e. The van der Waals surface area contributed by atoms with Crippen molar-refractivity contribution in [2.45, 2.75) is 38.6 Å². The maximum Gasteiger partial charge on any atom is 0.220 e. The van der Waals surface area contributed by atoms with E-state index in [2.05, 4.69) is 17.2 Å². The van der Waals surface area contributed by atoms with Gasteiger partial charge in [0.05, 0.1) is 6.54 Å². The molecule has 0 saturated heterocycles. The molecular formula is C17H21NO2S. The van der Waals surface area contributed by atoms with Crippen molar-refractivity contribution in [1.29, 1.82) is 0 Å². The summed E-state index contributed by atoms with van der Waals surface area (Å²) >= 11 is 1.60. The van der Waals surface area contributed by atoms with E-state index in [1.807, 2.05) is 11.4 Å². The Morgan fingerprint density at radius 1 is 1.43 bits per heavy atom. The summed E-state index contributed by atoms with van der Waals surface area (Å²) in [6, 6.07) is 1.98. The minimum absolute atomic E-state index is 0.120. The van der Waals surface area contributed by atoms with Crippen LogP contribution in [0.1, 0.15) is 42.5 Å². The van der Waals surface area contributed by atoms with E-state index in [0.717, 1.165) is 22.3 Å². The lowest BCUT2D eigenvalue weighted by Crippen LogP contribution is -2.26. The Labute approximate surface area is 129 Å². The number of hydrogen-bond donors (Lipinski definition) is 2. The predicted octanol–water partition coefficient (Wildman–Crippen LogP) is 2.53. The van der Waals surface area contributed by atoms with Gasteiger partial charge in [-0.1, -0.05) is 18.3 Å².